The summed E-state index contributed by atoms with van der Waals surface area (Å²) in [6.45, 7) is 17.1. The topological polar surface area (TPSA) is 64.1 Å². The molecular weight excluding hydrogens is 434 g/mol. The van der Waals surface area contributed by atoms with Crippen LogP contribution in [0.5, 0.6) is 0 Å². The maximum Gasteiger partial charge on any atom is 0.230 e. The Balaban J connectivity index is 2.09. The molecule has 1 aromatic rings. The number of hydrogen-bond donors (Lipinski definition) is 1. The minimum absolute atomic E-state index is 0.0734. The van der Waals surface area contributed by atoms with Gasteiger partial charge in [-0.2, -0.15) is 0 Å². The van der Waals surface area contributed by atoms with Crippen LogP contribution in [0, 0.1) is 5.41 Å². The van der Waals surface area contributed by atoms with Gasteiger partial charge in [0.05, 0.1) is 11.9 Å². The zero-order valence-corrected chi connectivity index (χ0v) is 21.2. The lowest BCUT2D eigenvalue weighted by atomic mass is 9.85. The molecule has 7 heteroatoms. The molecule has 0 spiro atoms. The number of carbonyl (C=O) groups excluding carboxylic acids is 1. The predicted octanol–water partition coefficient (Wildman–Crippen LogP) is 6.27. The highest BCUT2D eigenvalue weighted by Crippen LogP contribution is 2.41. The van der Waals surface area contributed by atoms with Crippen LogP contribution in [0.4, 0.5) is 5.82 Å². The minimum atomic E-state index is -1.77. The second kappa shape index (κ2) is 8.52. The fraction of sp³-hybridized carbons (Fsp3) is 0.762. The van der Waals surface area contributed by atoms with Gasteiger partial charge in [0.2, 0.25) is 5.91 Å². The van der Waals surface area contributed by atoms with Gasteiger partial charge in [-0.25, -0.2) is 9.97 Å². The fourth-order valence-corrected chi connectivity index (χ4v) is 4.88. The molecule has 1 aliphatic carbocycles. The molecule has 0 radical (unpaired) electrons. The van der Waals surface area contributed by atoms with Crippen molar-refractivity contribution in [1.82, 2.24) is 9.97 Å². The van der Waals surface area contributed by atoms with Crippen LogP contribution >= 0.6 is 15.9 Å². The Kier molecular flexibility index (Phi) is 7.15. The zero-order valence-electron chi connectivity index (χ0n) is 18.6. The number of nitrogens with zero attached hydrogens (tertiary/aromatic N) is 2. The highest BCUT2D eigenvalue weighted by molar-refractivity contribution is 9.10. The third kappa shape index (κ3) is 5.86. The Morgan fingerprint density at radius 1 is 1.21 bits per heavy atom. The number of halogens is 1. The van der Waals surface area contributed by atoms with E-state index < -0.39 is 13.7 Å². The summed E-state index contributed by atoms with van der Waals surface area (Å²) in [5.41, 5.74) is 0.501. The molecular formula is C21H36BrN3O2Si. The number of nitrogens with one attached hydrogen (secondary N) is 1. The van der Waals surface area contributed by atoms with Gasteiger partial charge >= 0.3 is 0 Å². The van der Waals surface area contributed by atoms with Gasteiger partial charge in [-0.1, -0.05) is 48.0 Å². The number of carbonyl (C=O) groups is 1. The average Bonchev–Trinajstić information content (AvgIpc) is 2.54. The SMILES string of the molecule is CC(C)(C)C(=O)Nc1ncc([C@@H]2CCCC(O[Si](C)(C)C(C)(C)C)C2)nc1Br. The molecule has 1 heterocycles. The van der Waals surface area contributed by atoms with Gasteiger partial charge in [0.25, 0.3) is 0 Å². The molecule has 0 saturated heterocycles. The van der Waals surface area contributed by atoms with Crippen molar-refractivity contribution in [1.29, 1.82) is 0 Å². The molecule has 0 aromatic carbocycles. The summed E-state index contributed by atoms with van der Waals surface area (Å²) in [5, 5.41) is 3.08. The lowest BCUT2D eigenvalue weighted by Crippen LogP contribution is -2.44. The Hall–Kier alpha value is -0.793. The third-order valence-corrected chi connectivity index (χ3v) is 11.1. The van der Waals surface area contributed by atoms with Crippen molar-refractivity contribution in [3.8, 4) is 0 Å². The van der Waals surface area contributed by atoms with E-state index in [1.165, 1.54) is 0 Å². The summed E-state index contributed by atoms with van der Waals surface area (Å²) in [6.07, 6.45) is 6.46. The summed E-state index contributed by atoms with van der Waals surface area (Å²) in [6, 6.07) is 0. The molecule has 2 rings (SSSR count). The van der Waals surface area contributed by atoms with Crippen LogP contribution in [0.15, 0.2) is 10.8 Å². The van der Waals surface area contributed by atoms with Crippen LogP contribution in [-0.4, -0.2) is 30.3 Å². The minimum Gasteiger partial charge on any atom is -0.414 e. The van der Waals surface area contributed by atoms with Gasteiger partial charge in [-0.3, -0.25) is 4.79 Å². The number of anilines is 1. The summed E-state index contributed by atoms with van der Waals surface area (Å²) >= 11 is 3.49. The van der Waals surface area contributed by atoms with Crippen molar-refractivity contribution in [2.45, 2.75) is 97.4 Å². The third-order valence-electron chi connectivity index (χ3n) is 5.97. The van der Waals surface area contributed by atoms with Gasteiger partial charge in [0, 0.05) is 17.4 Å². The first-order valence-corrected chi connectivity index (χ1v) is 13.9. The summed E-state index contributed by atoms with van der Waals surface area (Å²) in [5.74, 6) is 0.754. The smallest absolute Gasteiger partial charge is 0.230 e. The van der Waals surface area contributed by atoms with E-state index in [1.807, 2.05) is 27.0 Å². The van der Waals surface area contributed by atoms with Crippen LogP contribution in [0.3, 0.4) is 0 Å². The molecule has 1 aromatic heterocycles. The molecule has 5 nitrogen and oxygen atoms in total. The Morgan fingerprint density at radius 2 is 1.86 bits per heavy atom. The Bertz CT molecular complexity index is 711. The standard InChI is InChI=1S/C21H36BrN3O2Si/c1-20(2,3)19(26)25-18-17(22)24-16(13-23-18)14-10-9-11-15(12-14)27-28(7,8)21(4,5)6/h13-15H,9-12H2,1-8H3,(H,23,25,26)/t14-,15?/m1/s1. The van der Waals surface area contributed by atoms with Crippen molar-refractivity contribution in [2.24, 2.45) is 5.41 Å². The number of rotatable bonds is 4. The molecule has 1 fully saturated rings. The summed E-state index contributed by atoms with van der Waals surface area (Å²) < 4.78 is 7.25. The van der Waals surface area contributed by atoms with Gasteiger partial charge in [0.1, 0.15) is 4.60 Å². The van der Waals surface area contributed by atoms with E-state index in [2.05, 4.69) is 60.1 Å². The largest absolute Gasteiger partial charge is 0.414 e. The summed E-state index contributed by atoms with van der Waals surface area (Å²) in [7, 11) is -1.77. The first kappa shape index (κ1) is 23.5. The molecule has 1 saturated carbocycles. The Labute approximate surface area is 179 Å². The number of aromatic nitrogens is 2. The van der Waals surface area contributed by atoms with Crippen molar-refractivity contribution < 1.29 is 9.22 Å². The quantitative estimate of drug-likeness (QED) is 0.527. The van der Waals surface area contributed by atoms with Crippen LogP contribution in [0.1, 0.15) is 78.8 Å². The predicted molar refractivity (Wildman–Crippen MR) is 121 cm³/mol. The lowest BCUT2D eigenvalue weighted by molar-refractivity contribution is -0.123. The second-order valence-electron chi connectivity index (χ2n) is 10.5. The molecule has 28 heavy (non-hydrogen) atoms. The normalized spacial score (nSPS) is 21.5. The van der Waals surface area contributed by atoms with Crippen LogP contribution < -0.4 is 5.32 Å². The van der Waals surface area contributed by atoms with Crippen LogP contribution in [-0.2, 0) is 9.22 Å². The highest BCUT2D eigenvalue weighted by Gasteiger charge is 2.40. The van der Waals surface area contributed by atoms with Crippen molar-refractivity contribution in [2.75, 3.05) is 5.32 Å². The molecule has 1 unspecified atom stereocenters. The first-order valence-electron chi connectivity index (χ1n) is 10.2. The molecule has 158 valence electrons. The van der Waals surface area contributed by atoms with Crippen molar-refractivity contribution >= 4 is 36.0 Å². The number of amides is 1. The average molecular weight is 471 g/mol. The molecule has 1 N–H and O–H groups in total. The first-order chi connectivity index (χ1) is 12.7. The molecule has 2 atom stereocenters. The fourth-order valence-electron chi connectivity index (χ4n) is 3.07. The van der Waals surface area contributed by atoms with Crippen molar-refractivity contribution in [3.05, 3.63) is 16.5 Å². The lowest BCUT2D eigenvalue weighted by Gasteiger charge is -2.41. The van der Waals surface area contributed by atoms with Gasteiger partial charge < -0.3 is 9.74 Å². The van der Waals surface area contributed by atoms with E-state index in [-0.39, 0.29) is 10.9 Å². The van der Waals surface area contributed by atoms with Crippen LogP contribution in [0.25, 0.3) is 0 Å². The van der Waals surface area contributed by atoms with E-state index in [1.54, 1.807) is 0 Å². The maximum atomic E-state index is 12.2. The summed E-state index contributed by atoms with van der Waals surface area (Å²) in [4.78, 5) is 21.4. The van der Waals surface area contributed by atoms with Gasteiger partial charge in [-0.15, -0.1) is 0 Å². The highest BCUT2D eigenvalue weighted by atomic mass is 79.9. The molecule has 0 aliphatic heterocycles. The second-order valence-corrected chi connectivity index (χ2v) is 16.0. The number of hydrogen-bond acceptors (Lipinski definition) is 4. The molecule has 1 aliphatic rings. The monoisotopic (exact) mass is 469 g/mol. The van der Waals surface area contributed by atoms with Crippen LogP contribution in [0.2, 0.25) is 18.1 Å². The van der Waals surface area contributed by atoms with E-state index >= 15 is 0 Å². The van der Waals surface area contributed by atoms with Crippen molar-refractivity contribution in [3.63, 3.8) is 0 Å². The van der Waals surface area contributed by atoms with Gasteiger partial charge in [0.15, 0.2) is 14.1 Å². The van der Waals surface area contributed by atoms with E-state index in [4.69, 9.17) is 9.41 Å². The van der Waals surface area contributed by atoms with E-state index in [0.29, 0.717) is 22.4 Å². The van der Waals surface area contributed by atoms with Gasteiger partial charge in [-0.05, 0) is 53.3 Å². The van der Waals surface area contributed by atoms with E-state index in [9.17, 15) is 4.79 Å². The Morgan fingerprint density at radius 3 is 2.39 bits per heavy atom. The molecule has 1 amide bonds. The van der Waals surface area contributed by atoms with E-state index in [0.717, 1.165) is 31.4 Å². The molecule has 0 bridgehead atoms. The maximum absolute atomic E-state index is 12.2. The zero-order chi connectivity index (χ0) is 21.3.